The van der Waals surface area contributed by atoms with Crippen molar-refractivity contribution in [1.29, 1.82) is 0 Å². The minimum Gasteiger partial charge on any atom is -0.358 e. The van der Waals surface area contributed by atoms with Crippen LogP contribution in [0.25, 0.3) is 10.9 Å². The van der Waals surface area contributed by atoms with E-state index in [0.29, 0.717) is 19.5 Å². The molecule has 1 unspecified atom stereocenters. The van der Waals surface area contributed by atoms with Gasteiger partial charge >= 0.3 is 0 Å². The zero-order valence-electron chi connectivity index (χ0n) is 15.8. The van der Waals surface area contributed by atoms with Crippen LogP contribution in [0.4, 0.5) is 0 Å². The second-order valence-corrected chi connectivity index (χ2v) is 9.11. The second-order valence-electron chi connectivity index (χ2n) is 7.18. The Bertz CT molecular complexity index is 947. The summed E-state index contributed by atoms with van der Waals surface area (Å²) in [5.41, 5.74) is 5.68. The highest BCUT2D eigenvalue weighted by Gasteiger charge is 2.36. The molecule has 1 aromatic carbocycles. The van der Waals surface area contributed by atoms with E-state index in [2.05, 4.69) is 36.3 Å². The van der Waals surface area contributed by atoms with Gasteiger partial charge in [-0.15, -0.1) is 0 Å². The Balaban J connectivity index is 1.82. The van der Waals surface area contributed by atoms with E-state index in [1.165, 1.54) is 20.9 Å². The summed E-state index contributed by atoms with van der Waals surface area (Å²) in [4.78, 5) is 16.1. The number of carbonyl (C=O) groups is 1. The van der Waals surface area contributed by atoms with Gasteiger partial charge in [0.1, 0.15) is 6.04 Å². The lowest BCUT2D eigenvalue weighted by Crippen LogP contribution is -2.45. The molecule has 2 heterocycles. The van der Waals surface area contributed by atoms with Crippen LogP contribution in [0.2, 0.25) is 0 Å². The Morgan fingerprint density at radius 2 is 2.08 bits per heavy atom. The first-order chi connectivity index (χ1) is 12.2. The maximum absolute atomic E-state index is 12.6. The van der Waals surface area contributed by atoms with Gasteiger partial charge in [0.25, 0.3) is 0 Å². The molecule has 1 fully saturated rings. The molecule has 1 aliphatic rings. The molecule has 6 nitrogen and oxygen atoms in total. The van der Waals surface area contributed by atoms with Crippen molar-refractivity contribution in [3.05, 3.63) is 34.5 Å². The first-order valence-electron chi connectivity index (χ1n) is 9.07. The zero-order valence-corrected chi connectivity index (χ0v) is 16.7. The fourth-order valence-electron chi connectivity index (χ4n) is 3.90. The number of nitrogens with zero attached hydrogens (tertiary/aromatic N) is 1. The Morgan fingerprint density at radius 3 is 2.73 bits per heavy atom. The zero-order chi connectivity index (χ0) is 19.1. The van der Waals surface area contributed by atoms with Gasteiger partial charge in [-0.25, -0.2) is 8.42 Å². The molecule has 142 valence electrons. The Labute approximate surface area is 155 Å². The molecular formula is C19H27N3O3S. The highest BCUT2D eigenvalue weighted by molar-refractivity contribution is 7.88. The van der Waals surface area contributed by atoms with Crippen LogP contribution in [0, 0.1) is 13.8 Å². The van der Waals surface area contributed by atoms with E-state index in [-0.39, 0.29) is 5.91 Å². The number of fused-ring (bicyclic) bond motifs is 1. The predicted octanol–water partition coefficient (Wildman–Crippen LogP) is 2.39. The van der Waals surface area contributed by atoms with Crippen molar-refractivity contribution >= 4 is 26.8 Å². The summed E-state index contributed by atoms with van der Waals surface area (Å²) in [6, 6.07) is 3.64. The van der Waals surface area contributed by atoms with Crippen LogP contribution < -0.4 is 5.32 Å². The maximum atomic E-state index is 12.6. The van der Waals surface area contributed by atoms with Crippen LogP contribution >= 0.6 is 0 Å². The molecular weight excluding hydrogens is 350 g/mol. The van der Waals surface area contributed by atoms with Gasteiger partial charge in [-0.05, 0) is 50.3 Å². The fourth-order valence-corrected chi connectivity index (χ4v) is 5.03. The summed E-state index contributed by atoms with van der Waals surface area (Å²) in [5.74, 6) is -0.221. The number of rotatable bonds is 5. The highest BCUT2D eigenvalue weighted by atomic mass is 32.2. The van der Waals surface area contributed by atoms with Crippen LogP contribution in [0.3, 0.4) is 0 Å². The van der Waals surface area contributed by atoms with Crippen LogP contribution in [-0.4, -0.2) is 42.5 Å². The lowest BCUT2D eigenvalue weighted by Gasteiger charge is -2.21. The number of sulfonamides is 1. The van der Waals surface area contributed by atoms with Gasteiger partial charge in [0.05, 0.1) is 11.8 Å². The van der Waals surface area contributed by atoms with Crippen molar-refractivity contribution in [2.24, 2.45) is 0 Å². The number of aromatic amines is 1. The molecule has 26 heavy (non-hydrogen) atoms. The van der Waals surface area contributed by atoms with Crippen molar-refractivity contribution in [3.63, 3.8) is 0 Å². The van der Waals surface area contributed by atoms with Gasteiger partial charge in [0.15, 0.2) is 0 Å². The molecule has 0 spiro atoms. The number of hydrogen-bond acceptors (Lipinski definition) is 3. The van der Waals surface area contributed by atoms with E-state index in [1.807, 2.05) is 6.92 Å². The average Bonchev–Trinajstić information content (AvgIpc) is 3.18. The van der Waals surface area contributed by atoms with Crippen molar-refractivity contribution in [1.82, 2.24) is 14.6 Å². The van der Waals surface area contributed by atoms with Gasteiger partial charge < -0.3 is 10.3 Å². The standard InChI is InChI=1S/C19H27N3O3S/c1-5-16-13(3)15-10-12(2)9-14(18(15)21-16)11-20-19(23)17-7-6-8-22(17)26(4,24)25/h9-10,17,21H,5-8,11H2,1-4H3,(H,20,23). The highest BCUT2D eigenvalue weighted by Crippen LogP contribution is 2.27. The smallest absolute Gasteiger partial charge is 0.238 e. The van der Waals surface area contributed by atoms with Crippen molar-refractivity contribution in [3.8, 4) is 0 Å². The molecule has 3 rings (SSSR count). The van der Waals surface area contributed by atoms with Gasteiger partial charge in [0, 0.05) is 24.2 Å². The van der Waals surface area contributed by atoms with Crippen molar-refractivity contribution in [2.45, 2.75) is 52.6 Å². The summed E-state index contributed by atoms with van der Waals surface area (Å²) in [7, 11) is -3.36. The van der Waals surface area contributed by atoms with E-state index in [1.54, 1.807) is 0 Å². The number of aryl methyl sites for hydroxylation is 3. The van der Waals surface area contributed by atoms with Crippen LogP contribution in [0.5, 0.6) is 0 Å². The average molecular weight is 378 g/mol. The Morgan fingerprint density at radius 1 is 1.35 bits per heavy atom. The third-order valence-electron chi connectivity index (χ3n) is 5.24. The molecule has 1 saturated heterocycles. The summed E-state index contributed by atoms with van der Waals surface area (Å²) < 4.78 is 25.0. The second kappa shape index (κ2) is 7.04. The molecule has 1 aliphatic heterocycles. The Hall–Kier alpha value is -1.86. The summed E-state index contributed by atoms with van der Waals surface area (Å²) in [5, 5.41) is 4.13. The number of benzene rings is 1. The van der Waals surface area contributed by atoms with E-state index in [0.717, 1.165) is 35.7 Å². The normalized spacial score (nSPS) is 18.5. The molecule has 0 radical (unpaired) electrons. The van der Waals surface area contributed by atoms with Gasteiger partial charge in [0.2, 0.25) is 15.9 Å². The molecule has 0 saturated carbocycles. The first kappa shape index (κ1) is 18.9. The Kier molecular flexibility index (Phi) is 5.12. The molecule has 7 heteroatoms. The molecule has 2 aromatic rings. The van der Waals surface area contributed by atoms with Gasteiger partial charge in [-0.2, -0.15) is 4.31 Å². The van der Waals surface area contributed by atoms with Gasteiger partial charge in [-0.3, -0.25) is 4.79 Å². The largest absolute Gasteiger partial charge is 0.358 e. The molecule has 0 bridgehead atoms. The molecule has 0 aliphatic carbocycles. The number of aromatic nitrogens is 1. The predicted molar refractivity (Wildman–Crippen MR) is 104 cm³/mol. The monoisotopic (exact) mass is 377 g/mol. The SMILES string of the molecule is CCc1[nH]c2c(CNC(=O)C3CCCN3S(C)(=O)=O)cc(C)cc2c1C. The number of H-pyrrole nitrogens is 1. The van der Waals surface area contributed by atoms with E-state index >= 15 is 0 Å². The lowest BCUT2D eigenvalue weighted by atomic mass is 10.0. The molecule has 1 amide bonds. The van der Waals surface area contributed by atoms with Crippen LogP contribution in [0.15, 0.2) is 12.1 Å². The minimum atomic E-state index is -3.36. The summed E-state index contributed by atoms with van der Waals surface area (Å²) in [6.45, 7) is 7.08. The molecule has 1 atom stereocenters. The number of carbonyl (C=O) groups excluding carboxylic acids is 1. The van der Waals surface area contributed by atoms with Crippen LogP contribution in [0.1, 0.15) is 42.1 Å². The first-order valence-corrected chi connectivity index (χ1v) is 10.9. The van der Waals surface area contributed by atoms with E-state index in [9.17, 15) is 13.2 Å². The van der Waals surface area contributed by atoms with E-state index < -0.39 is 16.1 Å². The van der Waals surface area contributed by atoms with Gasteiger partial charge in [-0.1, -0.05) is 18.6 Å². The quantitative estimate of drug-likeness (QED) is 0.839. The molecule has 2 N–H and O–H groups in total. The third kappa shape index (κ3) is 3.50. The number of amides is 1. The lowest BCUT2D eigenvalue weighted by molar-refractivity contribution is -0.124. The van der Waals surface area contributed by atoms with Crippen molar-refractivity contribution in [2.75, 3.05) is 12.8 Å². The number of nitrogens with one attached hydrogen (secondary N) is 2. The minimum absolute atomic E-state index is 0.221. The fraction of sp³-hybridized carbons (Fsp3) is 0.526. The summed E-state index contributed by atoms with van der Waals surface area (Å²) >= 11 is 0. The van der Waals surface area contributed by atoms with E-state index in [4.69, 9.17) is 0 Å². The van der Waals surface area contributed by atoms with Crippen molar-refractivity contribution < 1.29 is 13.2 Å². The third-order valence-corrected chi connectivity index (χ3v) is 6.52. The topological polar surface area (TPSA) is 82.3 Å². The molecule has 1 aromatic heterocycles. The summed E-state index contributed by atoms with van der Waals surface area (Å²) in [6.07, 6.45) is 3.38. The number of hydrogen-bond donors (Lipinski definition) is 2. The van der Waals surface area contributed by atoms with Crippen LogP contribution in [-0.2, 0) is 27.8 Å². The maximum Gasteiger partial charge on any atom is 0.238 e.